The number of aliphatic hydroxyl groups excluding tert-OH is 1. The molecule has 0 aromatic heterocycles. The SMILES string of the molecule is C=CC(=O)OCCCC(C)C(C)C[N+](C=CC)(c1c(C)cc(C)cc1C)C(C)O. The van der Waals surface area contributed by atoms with E-state index in [0.29, 0.717) is 22.9 Å². The van der Waals surface area contributed by atoms with Crippen molar-refractivity contribution in [3.8, 4) is 0 Å². The normalized spacial score (nSPS) is 16.8. The number of nitrogens with zero attached hydrogens (tertiary/aromatic N) is 1. The van der Waals surface area contributed by atoms with Crippen LogP contribution in [0.1, 0.15) is 57.2 Å². The fourth-order valence-corrected chi connectivity index (χ4v) is 4.36. The van der Waals surface area contributed by atoms with Gasteiger partial charge in [0.05, 0.1) is 19.4 Å². The predicted octanol–water partition coefficient (Wildman–Crippen LogP) is 5.57. The van der Waals surface area contributed by atoms with Crippen molar-refractivity contribution in [2.45, 2.75) is 67.5 Å². The molecule has 4 unspecified atom stereocenters. The number of hydrogen-bond donors (Lipinski definition) is 1. The molecular weight excluding hydrogens is 362 g/mol. The van der Waals surface area contributed by atoms with Crippen LogP contribution in [0.2, 0.25) is 0 Å². The third kappa shape index (κ3) is 6.55. The Morgan fingerprint density at radius 2 is 1.76 bits per heavy atom. The van der Waals surface area contributed by atoms with Gasteiger partial charge < -0.3 is 9.84 Å². The number of benzene rings is 1. The average molecular weight is 403 g/mol. The number of esters is 1. The lowest BCUT2D eigenvalue weighted by Gasteiger charge is -2.42. The summed E-state index contributed by atoms with van der Waals surface area (Å²) in [6.07, 6.45) is 6.60. The van der Waals surface area contributed by atoms with Gasteiger partial charge in [-0.25, -0.2) is 9.28 Å². The van der Waals surface area contributed by atoms with E-state index in [2.05, 4.69) is 59.5 Å². The van der Waals surface area contributed by atoms with E-state index >= 15 is 0 Å². The van der Waals surface area contributed by atoms with Crippen LogP contribution in [0.5, 0.6) is 0 Å². The second-order valence-electron chi connectivity index (χ2n) is 8.44. The van der Waals surface area contributed by atoms with Crippen LogP contribution in [0, 0.1) is 32.6 Å². The summed E-state index contributed by atoms with van der Waals surface area (Å²) in [5.74, 6) is 0.440. The topological polar surface area (TPSA) is 46.5 Å². The minimum atomic E-state index is -0.561. The summed E-state index contributed by atoms with van der Waals surface area (Å²) in [5.41, 5.74) is 4.83. The van der Waals surface area contributed by atoms with Crippen LogP contribution in [0.15, 0.2) is 37.1 Å². The minimum Gasteiger partial charge on any atom is -0.463 e. The number of quaternary nitrogens is 1. The Labute approximate surface area is 177 Å². The molecule has 0 aliphatic carbocycles. The number of aryl methyl sites for hydroxylation is 3. The maximum atomic E-state index is 11.2. The molecule has 0 amide bonds. The zero-order valence-electron chi connectivity index (χ0n) is 19.4. The third-order valence-electron chi connectivity index (χ3n) is 5.91. The van der Waals surface area contributed by atoms with Crippen LogP contribution in [0.4, 0.5) is 5.69 Å². The van der Waals surface area contributed by atoms with E-state index in [9.17, 15) is 9.90 Å². The molecule has 0 saturated heterocycles. The van der Waals surface area contributed by atoms with Crippen LogP contribution in [-0.4, -0.2) is 30.5 Å². The number of rotatable bonds is 11. The van der Waals surface area contributed by atoms with Gasteiger partial charge >= 0.3 is 5.97 Å². The van der Waals surface area contributed by atoms with Crippen molar-refractivity contribution in [1.82, 2.24) is 4.48 Å². The summed E-state index contributed by atoms with van der Waals surface area (Å²) in [6, 6.07) is 4.40. The quantitative estimate of drug-likeness (QED) is 0.173. The Bertz CT molecular complexity index is 700. The number of carbonyl (C=O) groups excluding carboxylic acids is 1. The van der Waals surface area contributed by atoms with Crippen molar-refractivity contribution < 1.29 is 14.6 Å². The third-order valence-corrected chi connectivity index (χ3v) is 5.91. The Morgan fingerprint density at radius 1 is 1.17 bits per heavy atom. The molecule has 4 heteroatoms. The molecule has 0 aliphatic heterocycles. The smallest absolute Gasteiger partial charge is 0.330 e. The van der Waals surface area contributed by atoms with Crippen LogP contribution in [-0.2, 0) is 9.53 Å². The first-order valence-corrected chi connectivity index (χ1v) is 10.7. The van der Waals surface area contributed by atoms with Gasteiger partial charge in [0.1, 0.15) is 5.69 Å². The first kappa shape index (κ1) is 25.1. The maximum absolute atomic E-state index is 11.2. The molecule has 4 nitrogen and oxygen atoms in total. The van der Waals surface area contributed by atoms with E-state index in [1.165, 1.54) is 28.5 Å². The van der Waals surface area contributed by atoms with Crippen LogP contribution in [0.25, 0.3) is 0 Å². The van der Waals surface area contributed by atoms with Gasteiger partial charge in [-0.2, -0.15) is 0 Å². The number of hydrogen-bond acceptors (Lipinski definition) is 3. The lowest BCUT2D eigenvalue weighted by molar-refractivity contribution is -0.137. The molecule has 29 heavy (non-hydrogen) atoms. The Kier molecular flexibility index (Phi) is 9.81. The predicted molar refractivity (Wildman–Crippen MR) is 123 cm³/mol. The van der Waals surface area contributed by atoms with Gasteiger partial charge in [0.25, 0.3) is 0 Å². The highest BCUT2D eigenvalue weighted by molar-refractivity contribution is 5.81. The molecule has 0 aliphatic rings. The van der Waals surface area contributed by atoms with Crippen molar-refractivity contribution in [1.29, 1.82) is 0 Å². The Morgan fingerprint density at radius 3 is 2.24 bits per heavy atom. The first-order chi connectivity index (χ1) is 13.6. The van der Waals surface area contributed by atoms with Gasteiger partial charge in [0.2, 0.25) is 0 Å². The zero-order valence-corrected chi connectivity index (χ0v) is 19.4. The van der Waals surface area contributed by atoms with Crippen LogP contribution in [0.3, 0.4) is 0 Å². The van der Waals surface area contributed by atoms with Gasteiger partial charge in [-0.05, 0) is 52.5 Å². The van der Waals surface area contributed by atoms with Crippen molar-refractivity contribution in [3.05, 3.63) is 53.8 Å². The second kappa shape index (κ2) is 11.3. The van der Waals surface area contributed by atoms with E-state index < -0.39 is 6.23 Å². The molecule has 1 aromatic carbocycles. The monoisotopic (exact) mass is 402 g/mol. The molecule has 0 heterocycles. The molecule has 0 saturated carbocycles. The van der Waals surface area contributed by atoms with E-state index in [4.69, 9.17) is 4.74 Å². The summed E-state index contributed by atoms with van der Waals surface area (Å²) in [6.45, 7) is 19.4. The highest BCUT2D eigenvalue weighted by Gasteiger charge is 2.38. The zero-order chi connectivity index (χ0) is 22.2. The van der Waals surface area contributed by atoms with Gasteiger partial charge in [0.15, 0.2) is 6.23 Å². The standard InChI is InChI=1S/C25H40NO3/c1-9-13-26(23(8)27,25-20(5)15-18(3)16-21(25)6)17-22(7)19(4)12-11-14-29-24(28)10-2/h9-10,13,15-16,19,22-23,27H,2,11-12,14,17H2,1,3-8H3/q+1. The number of allylic oxidation sites excluding steroid dienone is 1. The molecule has 1 N–H and O–H groups in total. The summed E-state index contributed by atoms with van der Waals surface area (Å²) >= 11 is 0. The maximum Gasteiger partial charge on any atom is 0.330 e. The molecule has 4 atom stereocenters. The largest absolute Gasteiger partial charge is 0.463 e. The van der Waals surface area contributed by atoms with E-state index in [-0.39, 0.29) is 5.97 Å². The van der Waals surface area contributed by atoms with Crippen molar-refractivity contribution in [2.24, 2.45) is 11.8 Å². The first-order valence-electron chi connectivity index (χ1n) is 10.7. The van der Waals surface area contributed by atoms with Gasteiger partial charge in [0, 0.05) is 30.0 Å². The molecule has 0 spiro atoms. The Hall–Kier alpha value is -1.91. The molecular formula is C25H40NO3+. The number of carbonyl (C=O) groups is 1. The lowest BCUT2D eigenvalue weighted by atomic mass is 9.89. The van der Waals surface area contributed by atoms with E-state index in [0.717, 1.165) is 19.4 Å². The fraction of sp³-hybridized carbons (Fsp3) is 0.560. The van der Waals surface area contributed by atoms with Gasteiger partial charge in [-0.3, -0.25) is 0 Å². The summed E-state index contributed by atoms with van der Waals surface area (Å²) in [5, 5.41) is 11.0. The number of ether oxygens (including phenoxy) is 1. The molecule has 0 fully saturated rings. The lowest BCUT2D eigenvalue weighted by Crippen LogP contribution is -2.55. The molecule has 0 radical (unpaired) electrons. The van der Waals surface area contributed by atoms with E-state index in [1.807, 2.05) is 19.9 Å². The Balaban J connectivity index is 3.08. The highest BCUT2D eigenvalue weighted by atomic mass is 16.5. The van der Waals surface area contributed by atoms with Crippen LogP contribution >= 0.6 is 0 Å². The summed E-state index contributed by atoms with van der Waals surface area (Å²) in [7, 11) is 0. The van der Waals surface area contributed by atoms with Crippen molar-refractivity contribution in [2.75, 3.05) is 13.2 Å². The number of aliphatic hydroxyl groups is 1. The summed E-state index contributed by atoms with van der Waals surface area (Å²) < 4.78 is 5.52. The van der Waals surface area contributed by atoms with Gasteiger partial charge in [-0.15, -0.1) is 0 Å². The minimum absolute atomic E-state index is 0.367. The van der Waals surface area contributed by atoms with E-state index in [1.54, 1.807) is 0 Å². The van der Waals surface area contributed by atoms with Crippen molar-refractivity contribution in [3.63, 3.8) is 0 Å². The summed E-state index contributed by atoms with van der Waals surface area (Å²) in [4.78, 5) is 11.2. The molecule has 0 bridgehead atoms. The average Bonchev–Trinajstić information content (AvgIpc) is 2.63. The van der Waals surface area contributed by atoms with Gasteiger partial charge in [-0.1, -0.05) is 38.1 Å². The fourth-order valence-electron chi connectivity index (χ4n) is 4.36. The van der Waals surface area contributed by atoms with Crippen LogP contribution < -0.4 is 4.48 Å². The molecule has 1 rings (SSSR count). The highest BCUT2D eigenvalue weighted by Crippen LogP contribution is 2.37. The molecule has 1 aromatic rings. The molecule has 162 valence electrons. The second-order valence-corrected chi connectivity index (χ2v) is 8.44. The van der Waals surface area contributed by atoms with Crippen molar-refractivity contribution >= 4 is 11.7 Å².